The first kappa shape index (κ1) is 12.0. The molecule has 0 spiro atoms. The van der Waals surface area contributed by atoms with Crippen molar-refractivity contribution >= 4 is 11.6 Å². The van der Waals surface area contributed by atoms with Gasteiger partial charge in [0.1, 0.15) is 5.82 Å². The van der Waals surface area contributed by atoms with E-state index in [2.05, 4.69) is 27.3 Å². The van der Waals surface area contributed by atoms with E-state index in [1.165, 1.54) is 0 Å². The third-order valence-electron chi connectivity index (χ3n) is 2.38. The maximum Gasteiger partial charge on any atom is 0.225 e. The second kappa shape index (κ2) is 5.27. The normalized spacial score (nSPS) is 11.0. The average molecular weight is 256 g/mol. The SMILES string of the molecule is CCCc1nnc(Cl)n1CCc1noc(C)n1. The summed E-state index contributed by atoms with van der Waals surface area (Å²) in [4.78, 5) is 4.14. The number of aryl methyl sites for hydroxylation is 3. The number of nitrogens with zero attached hydrogens (tertiary/aromatic N) is 5. The molecule has 0 saturated carbocycles. The van der Waals surface area contributed by atoms with Gasteiger partial charge in [0.05, 0.1) is 0 Å². The van der Waals surface area contributed by atoms with Crippen molar-refractivity contribution < 1.29 is 4.52 Å². The number of hydrogen-bond donors (Lipinski definition) is 0. The van der Waals surface area contributed by atoms with E-state index in [0.717, 1.165) is 18.7 Å². The summed E-state index contributed by atoms with van der Waals surface area (Å²) in [5.41, 5.74) is 0. The van der Waals surface area contributed by atoms with Gasteiger partial charge in [-0.25, -0.2) is 0 Å². The maximum absolute atomic E-state index is 5.98. The minimum absolute atomic E-state index is 0.411. The lowest BCUT2D eigenvalue weighted by Crippen LogP contribution is -2.07. The molecule has 2 rings (SSSR count). The first-order chi connectivity index (χ1) is 8.20. The monoisotopic (exact) mass is 255 g/mol. The summed E-state index contributed by atoms with van der Waals surface area (Å²) in [7, 11) is 0. The van der Waals surface area contributed by atoms with Gasteiger partial charge in [0.25, 0.3) is 0 Å². The summed E-state index contributed by atoms with van der Waals surface area (Å²) in [5, 5.41) is 12.2. The van der Waals surface area contributed by atoms with Crippen LogP contribution < -0.4 is 0 Å². The van der Waals surface area contributed by atoms with Crippen LogP contribution in [-0.2, 0) is 19.4 Å². The Kier molecular flexibility index (Phi) is 3.73. The molecule has 0 aliphatic carbocycles. The summed E-state index contributed by atoms with van der Waals surface area (Å²) >= 11 is 5.98. The Morgan fingerprint density at radius 3 is 2.76 bits per heavy atom. The highest BCUT2D eigenvalue weighted by atomic mass is 35.5. The highest BCUT2D eigenvalue weighted by Crippen LogP contribution is 2.11. The fraction of sp³-hybridized carbons (Fsp3) is 0.600. The number of hydrogen-bond acceptors (Lipinski definition) is 5. The van der Waals surface area contributed by atoms with Gasteiger partial charge in [-0.05, 0) is 18.0 Å². The van der Waals surface area contributed by atoms with Gasteiger partial charge in [0, 0.05) is 26.3 Å². The molecule has 2 aromatic heterocycles. The van der Waals surface area contributed by atoms with Crippen LogP contribution in [0.1, 0.15) is 30.9 Å². The molecule has 0 saturated heterocycles. The van der Waals surface area contributed by atoms with Gasteiger partial charge in [0.15, 0.2) is 5.82 Å². The van der Waals surface area contributed by atoms with E-state index < -0.39 is 0 Å². The van der Waals surface area contributed by atoms with Crippen molar-refractivity contribution in [3.8, 4) is 0 Å². The molecule has 0 bridgehead atoms. The molecule has 92 valence electrons. The Labute approximate surface area is 104 Å². The molecule has 0 aliphatic rings. The second-order valence-electron chi connectivity index (χ2n) is 3.77. The molecule has 0 aliphatic heterocycles. The third kappa shape index (κ3) is 2.82. The highest BCUT2D eigenvalue weighted by molar-refractivity contribution is 6.28. The van der Waals surface area contributed by atoms with Crippen LogP contribution in [0, 0.1) is 6.92 Å². The molecular formula is C10H14ClN5O. The Balaban J connectivity index is 2.05. The van der Waals surface area contributed by atoms with E-state index in [4.69, 9.17) is 16.1 Å². The predicted molar refractivity (Wildman–Crippen MR) is 61.8 cm³/mol. The summed E-state index contributed by atoms with van der Waals surface area (Å²) in [6.07, 6.45) is 2.53. The largest absolute Gasteiger partial charge is 0.340 e. The van der Waals surface area contributed by atoms with Crippen molar-refractivity contribution in [2.24, 2.45) is 0 Å². The number of halogens is 1. The van der Waals surface area contributed by atoms with Crippen molar-refractivity contribution in [3.05, 3.63) is 22.8 Å². The van der Waals surface area contributed by atoms with Crippen LogP contribution in [0.4, 0.5) is 0 Å². The zero-order chi connectivity index (χ0) is 12.3. The van der Waals surface area contributed by atoms with E-state index in [1.807, 2.05) is 4.57 Å². The van der Waals surface area contributed by atoms with Gasteiger partial charge in [0.2, 0.25) is 11.2 Å². The molecule has 6 nitrogen and oxygen atoms in total. The Morgan fingerprint density at radius 2 is 2.12 bits per heavy atom. The average Bonchev–Trinajstić information content (AvgIpc) is 2.85. The molecule has 0 radical (unpaired) electrons. The van der Waals surface area contributed by atoms with E-state index in [9.17, 15) is 0 Å². The lowest BCUT2D eigenvalue weighted by molar-refractivity contribution is 0.386. The molecule has 17 heavy (non-hydrogen) atoms. The molecule has 0 N–H and O–H groups in total. The van der Waals surface area contributed by atoms with Gasteiger partial charge in [-0.15, -0.1) is 10.2 Å². The van der Waals surface area contributed by atoms with Gasteiger partial charge in [-0.1, -0.05) is 12.1 Å². The fourth-order valence-electron chi connectivity index (χ4n) is 1.60. The van der Waals surface area contributed by atoms with Crippen molar-refractivity contribution in [1.82, 2.24) is 24.9 Å². The molecular weight excluding hydrogens is 242 g/mol. The first-order valence-corrected chi connectivity index (χ1v) is 5.95. The van der Waals surface area contributed by atoms with E-state index >= 15 is 0 Å². The zero-order valence-corrected chi connectivity index (χ0v) is 10.6. The van der Waals surface area contributed by atoms with Gasteiger partial charge >= 0.3 is 0 Å². The molecule has 0 atom stereocenters. The smallest absolute Gasteiger partial charge is 0.225 e. The molecule has 0 unspecified atom stereocenters. The van der Waals surface area contributed by atoms with Crippen LogP contribution in [-0.4, -0.2) is 24.9 Å². The van der Waals surface area contributed by atoms with E-state index in [0.29, 0.717) is 30.0 Å². The molecule has 7 heteroatoms. The highest BCUT2D eigenvalue weighted by Gasteiger charge is 2.10. The summed E-state index contributed by atoms with van der Waals surface area (Å²) in [6.45, 7) is 4.53. The van der Waals surface area contributed by atoms with Crippen LogP contribution in [0.3, 0.4) is 0 Å². The Bertz CT molecular complexity index is 493. The summed E-state index contributed by atoms with van der Waals surface area (Å²) < 4.78 is 6.79. The van der Waals surface area contributed by atoms with Crippen molar-refractivity contribution in [3.63, 3.8) is 0 Å². The Hall–Kier alpha value is -1.43. The van der Waals surface area contributed by atoms with Gasteiger partial charge in [-0.3, -0.25) is 0 Å². The van der Waals surface area contributed by atoms with Gasteiger partial charge in [-0.2, -0.15) is 4.98 Å². The van der Waals surface area contributed by atoms with Crippen LogP contribution >= 0.6 is 11.6 Å². The quantitative estimate of drug-likeness (QED) is 0.815. The number of aromatic nitrogens is 5. The fourth-order valence-corrected chi connectivity index (χ4v) is 1.82. The maximum atomic E-state index is 5.98. The van der Waals surface area contributed by atoms with Crippen LogP contribution in [0.5, 0.6) is 0 Å². The first-order valence-electron chi connectivity index (χ1n) is 5.57. The van der Waals surface area contributed by atoms with Crippen LogP contribution in [0.2, 0.25) is 5.28 Å². The van der Waals surface area contributed by atoms with Crippen molar-refractivity contribution in [2.75, 3.05) is 0 Å². The topological polar surface area (TPSA) is 69.6 Å². The van der Waals surface area contributed by atoms with Crippen LogP contribution in [0.15, 0.2) is 4.52 Å². The molecule has 0 aromatic carbocycles. The molecule has 0 amide bonds. The minimum atomic E-state index is 0.411. The standard InChI is InChI=1S/C10H14ClN5O/c1-3-4-9-13-14-10(11)16(9)6-5-8-12-7(2)17-15-8/h3-6H2,1-2H3. The van der Waals surface area contributed by atoms with Gasteiger partial charge < -0.3 is 9.09 Å². The third-order valence-corrected chi connectivity index (χ3v) is 2.66. The minimum Gasteiger partial charge on any atom is -0.340 e. The summed E-state index contributed by atoms with van der Waals surface area (Å²) in [5.74, 6) is 2.15. The zero-order valence-electron chi connectivity index (χ0n) is 9.85. The summed E-state index contributed by atoms with van der Waals surface area (Å²) in [6, 6.07) is 0. The van der Waals surface area contributed by atoms with E-state index in [-0.39, 0.29) is 0 Å². The molecule has 2 aromatic rings. The van der Waals surface area contributed by atoms with Crippen molar-refractivity contribution in [1.29, 1.82) is 0 Å². The number of rotatable bonds is 5. The Morgan fingerprint density at radius 1 is 1.29 bits per heavy atom. The lowest BCUT2D eigenvalue weighted by atomic mass is 10.3. The van der Waals surface area contributed by atoms with Crippen molar-refractivity contribution in [2.45, 2.75) is 39.7 Å². The molecule has 0 fully saturated rings. The van der Waals surface area contributed by atoms with E-state index in [1.54, 1.807) is 6.92 Å². The second-order valence-corrected chi connectivity index (χ2v) is 4.10. The molecule has 2 heterocycles. The van der Waals surface area contributed by atoms with Crippen LogP contribution in [0.25, 0.3) is 0 Å². The predicted octanol–water partition coefficient (Wildman–Crippen LogP) is 1.82. The lowest BCUT2D eigenvalue weighted by Gasteiger charge is -2.04.